The maximum Gasteiger partial charge on any atom is 0.344 e. The van der Waals surface area contributed by atoms with Gasteiger partial charge in [-0.15, -0.1) is 21.5 Å². The molecule has 4 aromatic rings. The summed E-state index contributed by atoms with van der Waals surface area (Å²) in [5, 5.41) is 19.4. The molecule has 5 rings (SSSR count). The van der Waals surface area contributed by atoms with Crippen molar-refractivity contribution >= 4 is 29.0 Å². The molecule has 0 bridgehead atoms. The predicted molar refractivity (Wildman–Crippen MR) is 162 cm³/mol. The molecule has 9 nitrogen and oxygen atoms in total. The van der Waals surface area contributed by atoms with Crippen molar-refractivity contribution in [2.45, 2.75) is 60.1 Å². The number of carbonyl (C=O) groups is 2. The molecule has 1 N–H and O–H groups in total. The SMILES string of the molecule is Cc1sc2c(c1C)C(c1ccc(-c3ccc(OCC(=O)OC(C)(C)C)c(F)c3)cc1)=N[C@@H](C(C)C(=O)O)c1nnc(C)n1-2. The van der Waals surface area contributed by atoms with Gasteiger partial charge in [0.15, 0.2) is 24.0 Å². The number of nitrogens with zero attached hydrogens (tertiary/aromatic N) is 4. The number of carboxylic acid groups (broad SMARTS) is 1. The van der Waals surface area contributed by atoms with Crippen molar-refractivity contribution in [1.29, 1.82) is 0 Å². The Hall–Kier alpha value is -4.38. The molecule has 0 saturated heterocycles. The quantitative estimate of drug-likeness (QED) is 0.243. The molecule has 1 unspecified atom stereocenters. The molecule has 43 heavy (non-hydrogen) atoms. The number of hydrogen-bond acceptors (Lipinski definition) is 8. The van der Waals surface area contributed by atoms with Gasteiger partial charge in [0.25, 0.3) is 0 Å². The molecule has 1 aliphatic heterocycles. The molecule has 2 aromatic heterocycles. The summed E-state index contributed by atoms with van der Waals surface area (Å²) in [6.45, 7) is 12.4. The largest absolute Gasteiger partial charge is 0.481 e. The Balaban J connectivity index is 1.48. The van der Waals surface area contributed by atoms with Crippen LogP contribution in [0.5, 0.6) is 5.75 Å². The van der Waals surface area contributed by atoms with E-state index < -0.39 is 41.9 Å². The van der Waals surface area contributed by atoms with Crippen LogP contribution in [0.15, 0.2) is 47.5 Å². The van der Waals surface area contributed by atoms with Crippen LogP contribution in [0.3, 0.4) is 0 Å². The average Bonchev–Trinajstić information content (AvgIpc) is 3.40. The van der Waals surface area contributed by atoms with Crippen LogP contribution < -0.4 is 4.74 Å². The van der Waals surface area contributed by atoms with E-state index in [9.17, 15) is 19.1 Å². The predicted octanol–water partition coefficient (Wildman–Crippen LogP) is 6.39. The van der Waals surface area contributed by atoms with E-state index in [0.717, 1.165) is 32.1 Å². The monoisotopic (exact) mass is 604 g/mol. The Morgan fingerprint density at radius 1 is 1.05 bits per heavy atom. The first-order valence-electron chi connectivity index (χ1n) is 13.8. The molecule has 0 saturated carbocycles. The lowest BCUT2D eigenvalue weighted by Gasteiger charge is -2.19. The van der Waals surface area contributed by atoms with Gasteiger partial charge in [-0.1, -0.05) is 30.3 Å². The van der Waals surface area contributed by atoms with Crippen LogP contribution >= 0.6 is 11.3 Å². The van der Waals surface area contributed by atoms with Crippen molar-refractivity contribution in [3.05, 3.63) is 81.5 Å². The number of carbonyl (C=O) groups excluding carboxylic acids is 1. The lowest BCUT2D eigenvalue weighted by Crippen LogP contribution is -2.27. The van der Waals surface area contributed by atoms with E-state index in [4.69, 9.17) is 14.5 Å². The van der Waals surface area contributed by atoms with Crippen molar-refractivity contribution in [3.8, 4) is 21.9 Å². The summed E-state index contributed by atoms with van der Waals surface area (Å²) in [6, 6.07) is 11.3. The number of aromatic nitrogens is 3. The van der Waals surface area contributed by atoms with E-state index in [1.54, 1.807) is 45.1 Å². The molecule has 0 aliphatic carbocycles. The Kier molecular flexibility index (Phi) is 7.95. The molecule has 1 aliphatic rings. The number of aryl methyl sites for hydroxylation is 2. The number of halogens is 1. The van der Waals surface area contributed by atoms with Crippen molar-refractivity contribution in [1.82, 2.24) is 14.8 Å². The third kappa shape index (κ3) is 5.94. The van der Waals surface area contributed by atoms with Gasteiger partial charge in [-0.3, -0.25) is 14.4 Å². The van der Waals surface area contributed by atoms with Gasteiger partial charge in [0.2, 0.25) is 0 Å². The van der Waals surface area contributed by atoms with Gasteiger partial charge in [-0.05, 0) is 77.3 Å². The third-order valence-corrected chi connectivity index (χ3v) is 8.43. The first-order valence-corrected chi connectivity index (χ1v) is 14.6. The number of aliphatic imine (C=N–C) groups is 1. The number of thiophene rings is 1. The van der Waals surface area contributed by atoms with E-state index in [2.05, 4.69) is 10.2 Å². The number of ether oxygens (including phenoxy) is 2. The maximum atomic E-state index is 14.9. The topological polar surface area (TPSA) is 116 Å². The molecule has 11 heteroatoms. The molecule has 0 spiro atoms. The summed E-state index contributed by atoms with van der Waals surface area (Å²) >= 11 is 1.60. The molecule has 0 radical (unpaired) electrons. The van der Waals surface area contributed by atoms with Crippen LogP contribution in [0.2, 0.25) is 0 Å². The minimum atomic E-state index is -0.977. The van der Waals surface area contributed by atoms with Crippen molar-refractivity contribution in [2.75, 3.05) is 6.61 Å². The van der Waals surface area contributed by atoms with Crippen LogP contribution in [0.1, 0.15) is 67.0 Å². The van der Waals surface area contributed by atoms with Crippen LogP contribution in [0.4, 0.5) is 4.39 Å². The van der Waals surface area contributed by atoms with Crippen LogP contribution in [-0.2, 0) is 14.3 Å². The normalized spacial score (nSPS) is 15.2. The van der Waals surface area contributed by atoms with Crippen LogP contribution in [0.25, 0.3) is 16.1 Å². The summed E-state index contributed by atoms with van der Waals surface area (Å²) in [4.78, 5) is 30.2. The van der Waals surface area contributed by atoms with E-state index in [1.165, 1.54) is 12.1 Å². The fraction of sp³-hybridized carbons (Fsp3) is 0.344. The van der Waals surface area contributed by atoms with Gasteiger partial charge in [0, 0.05) is 16.0 Å². The van der Waals surface area contributed by atoms with E-state index in [-0.39, 0.29) is 5.75 Å². The molecule has 0 fully saturated rings. The standard InChI is InChI=1S/C32H33FN4O5S/c1-16-18(3)43-30-26(16)28(34-27(17(2)31(39)40)29-36-35-19(4)37(29)30)21-10-8-20(9-11-21)22-12-13-24(23(33)14-22)41-15-25(38)42-32(5,6)7/h8-14,17,27H,15H2,1-7H3,(H,39,40)/t17?,27-/m0/s1. The minimum Gasteiger partial charge on any atom is -0.481 e. The molecule has 2 atom stereocenters. The van der Waals surface area contributed by atoms with Crippen molar-refractivity contribution in [2.24, 2.45) is 10.9 Å². The van der Waals surface area contributed by atoms with Gasteiger partial charge < -0.3 is 14.6 Å². The number of hydrogen-bond donors (Lipinski definition) is 1. The first-order chi connectivity index (χ1) is 20.2. The fourth-order valence-electron chi connectivity index (χ4n) is 4.94. The Bertz CT molecular complexity index is 1750. The summed E-state index contributed by atoms with van der Waals surface area (Å²) in [5.41, 5.74) is 4.15. The van der Waals surface area contributed by atoms with Crippen LogP contribution in [-0.4, -0.2) is 49.7 Å². The smallest absolute Gasteiger partial charge is 0.344 e. The zero-order chi connectivity index (χ0) is 31.2. The first kappa shape index (κ1) is 30.1. The van der Waals surface area contributed by atoms with E-state index >= 15 is 0 Å². The number of fused-ring (bicyclic) bond motifs is 3. The highest BCUT2D eigenvalue weighted by Gasteiger charge is 2.36. The highest BCUT2D eigenvalue weighted by atomic mass is 32.1. The van der Waals surface area contributed by atoms with Gasteiger partial charge in [-0.25, -0.2) is 9.18 Å². The zero-order valence-electron chi connectivity index (χ0n) is 25.1. The van der Waals surface area contributed by atoms with Gasteiger partial charge >= 0.3 is 11.9 Å². The average molecular weight is 605 g/mol. The second kappa shape index (κ2) is 11.4. The highest BCUT2D eigenvalue weighted by Crippen LogP contribution is 2.41. The number of esters is 1. The fourth-order valence-corrected chi connectivity index (χ4v) is 6.16. The molecule has 224 valence electrons. The van der Waals surface area contributed by atoms with Crippen LogP contribution in [0, 0.1) is 32.5 Å². The van der Waals surface area contributed by atoms with Crippen molar-refractivity contribution in [3.63, 3.8) is 0 Å². The van der Waals surface area contributed by atoms with Gasteiger partial charge in [0.05, 0.1) is 11.6 Å². The molecular weight excluding hydrogens is 571 g/mol. The lowest BCUT2D eigenvalue weighted by molar-refractivity contribution is -0.157. The van der Waals surface area contributed by atoms with Gasteiger partial charge in [-0.2, -0.15) is 0 Å². The Morgan fingerprint density at radius 3 is 2.33 bits per heavy atom. The molecule has 2 aromatic carbocycles. The Labute approximate surface area is 253 Å². The molecule has 0 amide bonds. The number of carboxylic acids is 1. The molecular formula is C32H33FN4O5S. The second-order valence-electron chi connectivity index (χ2n) is 11.6. The molecule has 3 heterocycles. The second-order valence-corrected chi connectivity index (χ2v) is 12.8. The maximum absolute atomic E-state index is 14.9. The Morgan fingerprint density at radius 2 is 1.70 bits per heavy atom. The van der Waals surface area contributed by atoms with E-state index in [1.807, 2.05) is 49.6 Å². The number of benzene rings is 2. The minimum absolute atomic E-state index is 0.0456. The third-order valence-electron chi connectivity index (χ3n) is 7.24. The van der Waals surface area contributed by atoms with E-state index in [0.29, 0.717) is 22.9 Å². The number of aliphatic carboxylic acids is 1. The zero-order valence-corrected chi connectivity index (χ0v) is 25.9. The summed E-state index contributed by atoms with van der Waals surface area (Å²) < 4.78 is 27.4. The van der Waals surface area contributed by atoms with Gasteiger partial charge in [0.1, 0.15) is 22.5 Å². The summed E-state index contributed by atoms with van der Waals surface area (Å²) in [5.74, 6) is -1.90. The van der Waals surface area contributed by atoms with Crippen molar-refractivity contribution < 1.29 is 28.6 Å². The lowest BCUT2D eigenvalue weighted by atomic mass is 9.96. The number of rotatable bonds is 7. The summed E-state index contributed by atoms with van der Waals surface area (Å²) in [7, 11) is 0. The summed E-state index contributed by atoms with van der Waals surface area (Å²) in [6.07, 6.45) is 0. The highest BCUT2D eigenvalue weighted by molar-refractivity contribution is 7.15.